The van der Waals surface area contributed by atoms with Gasteiger partial charge < -0.3 is 14.8 Å². The molecule has 0 atom stereocenters. The van der Waals surface area contributed by atoms with Crippen LogP contribution < -0.4 is 14.8 Å². The van der Waals surface area contributed by atoms with E-state index < -0.39 is 0 Å². The second-order valence-corrected chi connectivity index (χ2v) is 3.95. The Balaban J connectivity index is 1.81. The molecule has 92 valence electrons. The topological polar surface area (TPSA) is 76.2 Å². The van der Waals surface area contributed by atoms with Crippen LogP contribution in [-0.2, 0) is 0 Å². The molecule has 6 heteroatoms. The largest absolute Gasteiger partial charge is 0.454 e. The molecule has 0 radical (unpaired) electrons. The Bertz CT molecular complexity index is 606. The number of nitrogens with zero attached hydrogens (tertiary/aromatic N) is 1. The molecule has 1 aliphatic rings. The second kappa shape index (κ2) is 4.06. The van der Waals surface area contributed by atoms with Crippen LogP contribution in [0.4, 0.5) is 5.69 Å². The molecular formula is C12H11N3O3. The van der Waals surface area contributed by atoms with Gasteiger partial charge in [-0.05, 0) is 24.6 Å². The quantitative estimate of drug-likeness (QED) is 0.844. The highest BCUT2D eigenvalue weighted by Gasteiger charge is 2.15. The van der Waals surface area contributed by atoms with Gasteiger partial charge in [0.1, 0.15) is 5.69 Å². The Labute approximate surface area is 103 Å². The molecule has 3 rings (SSSR count). The van der Waals surface area contributed by atoms with Crippen molar-refractivity contribution in [2.24, 2.45) is 0 Å². The number of hydrogen-bond acceptors (Lipinski definition) is 4. The Morgan fingerprint density at radius 1 is 1.39 bits per heavy atom. The average Bonchev–Trinajstić information content (AvgIpc) is 2.96. The SMILES string of the molecule is Cc1cn[nH]c1C(=O)Nc1ccc2c(c1)OCO2. The highest BCUT2D eigenvalue weighted by molar-refractivity contribution is 6.03. The summed E-state index contributed by atoms with van der Waals surface area (Å²) in [6.07, 6.45) is 1.61. The summed E-state index contributed by atoms with van der Waals surface area (Å²) in [7, 11) is 0. The van der Waals surface area contributed by atoms with Crippen molar-refractivity contribution in [2.75, 3.05) is 12.1 Å². The van der Waals surface area contributed by atoms with Crippen molar-refractivity contribution in [3.05, 3.63) is 35.7 Å². The zero-order chi connectivity index (χ0) is 12.5. The number of carbonyl (C=O) groups excluding carboxylic acids is 1. The van der Waals surface area contributed by atoms with Gasteiger partial charge in [-0.15, -0.1) is 0 Å². The van der Waals surface area contributed by atoms with E-state index in [-0.39, 0.29) is 12.7 Å². The molecule has 0 aliphatic carbocycles. The lowest BCUT2D eigenvalue weighted by atomic mass is 10.2. The summed E-state index contributed by atoms with van der Waals surface area (Å²) in [4.78, 5) is 11.9. The predicted molar refractivity (Wildman–Crippen MR) is 63.8 cm³/mol. The van der Waals surface area contributed by atoms with Gasteiger partial charge in [0.05, 0.1) is 6.20 Å². The minimum absolute atomic E-state index is 0.215. The van der Waals surface area contributed by atoms with Gasteiger partial charge in [-0.1, -0.05) is 0 Å². The number of amides is 1. The Hall–Kier alpha value is -2.50. The summed E-state index contributed by atoms with van der Waals surface area (Å²) in [5, 5.41) is 9.24. The summed E-state index contributed by atoms with van der Waals surface area (Å²) < 4.78 is 10.4. The van der Waals surface area contributed by atoms with E-state index in [1.807, 2.05) is 6.92 Å². The van der Waals surface area contributed by atoms with Crippen LogP contribution >= 0.6 is 0 Å². The van der Waals surface area contributed by atoms with E-state index in [1.165, 1.54) is 0 Å². The van der Waals surface area contributed by atoms with Crippen LogP contribution in [0.15, 0.2) is 24.4 Å². The molecule has 0 saturated heterocycles. The van der Waals surface area contributed by atoms with Gasteiger partial charge in [-0.3, -0.25) is 9.89 Å². The van der Waals surface area contributed by atoms with Gasteiger partial charge >= 0.3 is 0 Å². The summed E-state index contributed by atoms with van der Waals surface area (Å²) >= 11 is 0. The van der Waals surface area contributed by atoms with Crippen molar-refractivity contribution in [2.45, 2.75) is 6.92 Å². The van der Waals surface area contributed by atoms with Crippen molar-refractivity contribution in [3.8, 4) is 11.5 Å². The Kier molecular flexibility index (Phi) is 2.40. The maximum atomic E-state index is 11.9. The molecule has 0 saturated carbocycles. The van der Waals surface area contributed by atoms with E-state index in [9.17, 15) is 4.79 Å². The van der Waals surface area contributed by atoms with Gasteiger partial charge in [-0.25, -0.2) is 0 Å². The van der Waals surface area contributed by atoms with Gasteiger partial charge in [0.25, 0.3) is 5.91 Å². The monoisotopic (exact) mass is 245 g/mol. The molecule has 1 aromatic heterocycles. The van der Waals surface area contributed by atoms with Crippen LogP contribution in [0.2, 0.25) is 0 Å². The summed E-state index contributed by atoms with van der Waals surface area (Å²) in [5.41, 5.74) is 1.90. The number of aryl methyl sites for hydroxylation is 1. The minimum Gasteiger partial charge on any atom is -0.454 e. The standard InChI is InChI=1S/C12H11N3O3/c1-7-5-13-15-11(7)12(16)14-8-2-3-9-10(4-8)18-6-17-9/h2-5H,6H2,1H3,(H,13,15)(H,14,16). The molecule has 2 N–H and O–H groups in total. The fourth-order valence-corrected chi connectivity index (χ4v) is 1.74. The number of H-pyrrole nitrogens is 1. The van der Waals surface area contributed by atoms with Gasteiger partial charge in [0.15, 0.2) is 11.5 Å². The number of fused-ring (bicyclic) bond motifs is 1. The molecule has 0 spiro atoms. The van der Waals surface area contributed by atoms with Crippen LogP contribution in [0.5, 0.6) is 11.5 Å². The highest BCUT2D eigenvalue weighted by atomic mass is 16.7. The van der Waals surface area contributed by atoms with Crippen LogP contribution in [0.1, 0.15) is 16.1 Å². The predicted octanol–water partition coefficient (Wildman–Crippen LogP) is 1.70. The van der Waals surface area contributed by atoms with Gasteiger partial charge in [0.2, 0.25) is 6.79 Å². The number of aromatic nitrogens is 2. The minimum atomic E-state index is -0.233. The number of hydrogen-bond donors (Lipinski definition) is 2. The molecule has 6 nitrogen and oxygen atoms in total. The zero-order valence-corrected chi connectivity index (χ0v) is 9.69. The Morgan fingerprint density at radius 3 is 3.00 bits per heavy atom. The molecule has 0 unspecified atom stereocenters. The van der Waals surface area contributed by atoms with Crippen molar-refractivity contribution in [1.82, 2.24) is 10.2 Å². The van der Waals surface area contributed by atoms with Crippen molar-refractivity contribution in [3.63, 3.8) is 0 Å². The summed E-state index contributed by atoms with van der Waals surface area (Å²) in [5.74, 6) is 1.09. The van der Waals surface area contributed by atoms with Crippen molar-refractivity contribution < 1.29 is 14.3 Å². The summed E-state index contributed by atoms with van der Waals surface area (Å²) in [6, 6.07) is 5.25. The van der Waals surface area contributed by atoms with Crippen LogP contribution in [-0.4, -0.2) is 22.9 Å². The first-order valence-electron chi connectivity index (χ1n) is 5.45. The number of rotatable bonds is 2. The molecule has 2 heterocycles. The van der Waals surface area contributed by atoms with Crippen LogP contribution in [0.3, 0.4) is 0 Å². The third-order valence-corrected chi connectivity index (χ3v) is 2.69. The van der Waals surface area contributed by atoms with Crippen molar-refractivity contribution in [1.29, 1.82) is 0 Å². The first-order chi connectivity index (χ1) is 8.74. The number of nitrogens with one attached hydrogen (secondary N) is 2. The first-order valence-corrected chi connectivity index (χ1v) is 5.45. The third-order valence-electron chi connectivity index (χ3n) is 2.69. The Morgan fingerprint density at radius 2 is 2.22 bits per heavy atom. The third kappa shape index (κ3) is 1.77. The lowest BCUT2D eigenvalue weighted by Crippen LogP contribution is -2.13. The van der Waals surface area contributed by atoms with E-state index in [0.29, 0.717) is 22.9 Å². The molecule has 1 amide bonds. The molecule has 2 aromatic rings. The average molecular weight is 245 g/mol. The molecule has 0 fully saturated rings. The highest BCUT2D eigenvalue weighted by Crippen LogP contribution is 2.34. The zero-order valence-electron chi connectivity index (χ0n) is 9.69. The molecule has 18 heavy (non-hydrogen) atoms. The second-order valence-electron chi connectivity index (χ2n) is 3.95. The van der Waals surface area contributed by atoms with Crippen molar-refractivity contribution >= 4 is 11.6 Å². The van der Waals surface area contributed by atoms with Gasteiger partial charge in [-0.2, -0.15) is 5.10 Å². The van der Waals surface area contributed by atoms with E-state index in [1.54, 1.807) is 24.4 Å². The van der Waals surface area contributed by atoms with Gasteiger partial charge in [0, 0.05) is 11.8 Å². The van der Waals surface area contributed by atoms with E-state index >= 15 is 0 Å². The maximum Gasteiger partial charge on any atom is 0.273 e. The fourth-order valence-electron chi connectivity index (χ4n) is 1.74. The number of anilines is 1. The number of ether oxygens (including phenoxy) is 2. The normalized spacial score (nSPS) is 12.5. The number of benzene rings is 1. The maximum absolute atomic E-state index is 11.9. The molecule has 0 bridgehead atoms. The fraction of sp³-hybridized carbons (Fsp3) is 0.167. The van der Waals surface area contributed by atoms with E-state index in [2.05, 4.69) is 15.5 Å². The smallest absolute Gasteiger partial charge is 0.273 e. The number of aromatic amines is 1. The number of carbonyl (C=O) groups is 1. The summed E-state index contributed by atoms with van der Waals surface area (Å²) in [6.45, 7) is 2.03. The van der Waals surface area contributed by atoms with E-state index in [0.717, 1.165) is 5.56 Å². The van der Waals surface area contributed by atoms with Crippen LogP contribution in [0, 0.1) is 6.92 Å². The van der Waals surface area contributed by atoms with Crippen LogP contribution in [0.25, 0.3) is 0 Å². The molecule has 1 aromatic carbocycles. The lowest BCUT2D eigenvalue weighted by Gasteiger charge is -2.05. The molecular weight excluding hydrogens is 234 g/mol. The van der Waals surface area contributed by atoms with E-state index in [4.69, 9.17) is 9.47 Å². The molecule has 1 aliphatic heterocycles. The first kappa shape index (κ1) is 10.6. The lowest BCUT2D eigenvalue weighted by molar-refractivity contribution is 0.102.